The van der Waals surface area contributed by atoms with Gasteiger partial charge in [0, 0.05) is 25.9 Å². The van der Waals surface area contributed by atoms with Gasteiger partial charge >= 0.3 is 0 Å². The molecule has 0 fully saturated rings. The fourth-order valence-corrected chi connectivity index (χ4v) is 3.99. The summed E-state index contributed by atoms with van der Waals surface area (Å²) < 4.78 is 1.57. The number of rotatable bonds is 6. The Morgan fingerprint density at radius 2 is 1.84 bits per heavy atom. The zero-order valence-electron chi connectivity index (χ0n) is 18.0. The van der Waals surface area contributed by atoms with Gasteiger partial charge in [0.25, 0.3) is 0 Å². The minimum Gasteiger partial charge on any atom is -0.369 e. The van der Waals surface area contributed by atoms with Crippen LogP contribution in [0.15, 0.2) is 71.7 Å². The Hall–Kier alpha value is -3.89. The average Bonchev–Trinajstić information content (AvgIpc) is 2.81. The predicted octanol–water partition coefficient (Wildman–Crippen LogP) is 3.12. The quantitative estimate of drug-likeness (QED) is 0.561. The molecule has 4 rings (SSSR count). The summed E-state index contributed by atoms with van der Waals surface area (Å²) in [5, 5.41) is 19.3. The molecule has 0 saturated carbocycles. The van der Waals surface area contributed by atoms with E-state index in [1.165, 1.54) is 0 Å². The number of anilines is 2. The van der Waals surface area contributed by atoms with Crippen molar-refractivity contribution in [3.05, 3.63) is 93.9 Å². The number of hydrogen-bond donors (Lipinski definition) is 3. The van der Waals surface area contributed by atoms with Crippen LogP contribution >= 0.6 is 0 Å². The highest BCUT2D eigenvalue weighted by molar-refractivity contribution is 6.04. The number of aromatic nitrogens is 1. The van der Waals surface area contributed by atoms with Crippen molar-refractivity contribution in [1.82, 2.24) is 9.88 Å². The van der Waals surface area contributed by atoms with Crippen LogP contribution in [0.5, 0.6) is 0 Å². The van der Waals surface area contributed by atoms with Crippen molar-refractivity contribution < 1.29 is 4.79 Å². The van der Waals surface area contributed by atoms with E-state index in [0.29, 0.717) is 23.5 Å². The number of hydrogen-bond acceptors (Lipinski definition) is 5. The SMILES string of the molecule is C[C@H](CN[C@H](c1ccccc1)[C@@H]1Nc2c(C#N)cccc2NC1=O)c1ccc(=O)n(C)c1. The number of nitrogens with zero attached hydrogens (tertiary/aromatic N) is 2. The molecule has 0 aliphatic carbocycles. The average molecular weight is 428 g/mol. The van der Waals surface area contributed by atoms with Gasteiger partial charge in [-0.1, -0.05) is 49.4 Å². The molecule has 32 heavy (non-hydrogen) atoms. The zero-order valence-corrected chi connectivity index (χ0v) is 18.0. The first-order valence-corrected chi connectivity index (χ1v) is 10.5. The van der Waals surface area contributed by atoms with Gasteiger partial charge in [-0.15, -0.1) is 0 Å². The van der Waals surface area contributed by atoms with Gasteiger partial charge in [-0.3, -0.25) is 9.59 Å². The van der Waals surface area contributed by atoms with Gasteiger partial charge in [0.05, 0.1) is 23.0 Å². The number of fused-ring (bicyclic) bond motifs is 1. The number of amides is 1. The van der Waals surface area contributed by atoms with Gasteiger partial charge in [0.15, 0.2) is 0 Å². The summed E-state index contributed by atoms with van der Waals surface area (Å²) in [5.41, 5.74) is 3.67. The second-order valence-electron chi connectivity index (χ2n) is 8.06. The summed E-state index contributed by atoms with van der Waals surface area (Å²) >= 11 is 0. The fraction of sp³-hybridized carbons (Fsp3) is 0.240. The number of para-hydroxylation sites is 1. The largest absolute Gasteiger partial charge is 0.369 e. The third-order valence-electron chi connectivity index (χ3n) is 5.84. The monoisotopic (exact) mass is 427 g/mol. The summed E-state index contributed by atoms with van der Waals surface area (Å²) in [7, 11) is 1.74. The third-order valence-corrected chi connectivity index (χ3v) is 5.84. The van der Waals surface area contributed by atoms with E-state index in [1.54, 1.807) is 35.9 Å². The molecule has 0 radical (unpaired) electrons. The third kappa shape index (κ3) is 4.27. The van der Waals surface area contributed by atoms with Gasteiger partial charge in [0.1, 0.15) is 12.1 Å². The van der Waals surface area contributed by atoms with Crippen molar-refractivity contribution in [1.29, 1.82) is 5.26 Å². The Labute approximate surface area is 186 Å². The number of carbonyl (C=O) groups is 1. The van der Waals surface area contributed by atoms with E-state index >= 15 is 0 Å². The minimum atomic E-state index is -0.605. The van der Waals surface area contributed by atoms with Crippen LogP contribution in [0.3, 0.4) is 0 Å². The Bertz CT molecular complexity index is 1230. The van der Waals surface area contributed by atoms with E-state index in [0.717, 1.165) is 11.1 Å². The van der Waals surface area contributed by atoms with Crippen molar-refractivity contribution >= 4 is 17.3 Å². The highest BCUT2D eigenvalue weighted by Crippen LogP contribution is 2.33. The first-order chi connectivity index (χ1) is 15.5. The Morgan fingerprint density at radius 1 is 1.06 bits per heavy atom. The molecule has 3 aromatic rings. The van der Waals surface area contributed by atoms with E-state index in [2.05, 4.69) is 28.9 Å². The normalized spacial score (nSPS) is 16.8. The van der Waals surface area contributed by atoms with Crippen LogP contribution in [-0.4, -0.2) is 23.1 Å². The summed E-state index contributed by atoms with van der Waals surface area (Å²) in [6.07, 6.45) is 1.84. The molecular formula is C25H25N5O2. The highest BCUT2D eigenvalue weighted by atomic mass is 16.2. The summed E-state index contributed by atoms with van der Waals surface area (Å²) in [6.45, 7) is 2.67. The molecule has 1 aliphatic heterocycles. The Kier molecular flexibility index (Phi) is 6.06. The summed E-state index contributed by atoms with van der Waals surface area (Å²) in [4.78, 5) is 24.7. The van der Waals surface area contributed by atoms with Crippen LogP contribution in [-0.2, 0) is 11.8 Å². The molecule has 1 amide bonds. The molecular weight excluding hydrogens is 402 g/mol. The number of benzene rings is 2. The molecule has 2 aromatic carbocycles. The van der Waals surface area contributed by atoms with Gasteiger partial charge in [-0.2, -0.15) is 5.26 Å². The lowest BCUT2D eigenvalue weighted by Gasteiger charge is -2.34. The summed E-state index contributed by atoms with van der Waals surface area (Å²) in [6, 6.07) is 19.7. The predicted molar refractivity (Wildman–Crippen MR) is 124 cm³/mol. The Morgan fingerprint density at radius 3 is 2.56 bits per heavy atom. The van der Waals surface area contributed by atoms with Crippen LogP contribution in [0, 0.1) is 11.3 Å². The molecule has 0 unspecified atom stereocenters. The van der Waals surface area contributed by atoms with Crippen LogP contribution in [0.25, 0.3) is 0 Å². The first kappa shape index (κ1) is 21.3. The van der Waals surface area contributed by atoms with Crippen molar-refractivity contribution in [2.75, 3.05) is 17.2 Å². The number of nitriles is 1. The van der Waals surface area contributed by atoms with Crippen molar-refractivity contribution in [2.45, 2.75) is 24.9 Å². The zero-order chi connectivity index (χ0) is 22.7. The minimum absolute atomic E-state index is 0.0499. The number of nitrogens with one attached hydrogen (secondary N) is 3. The molecule has 7 heteroatoms. The van der Waals surface area contributed by atoms with Gasteiger partial charge in [-0.25, -0.2) is 0 Å². The second kappa shape index (κ2) is 9.08. The molecule has 0 bridgehead atoms. The maximum absolute atomic E-state index is 13.0. The molecule has 0 spiro atoms. The summed E-state index contributed by atoms with van der Waals surface area (Å²) in [5.74, 6) is -0.0506. The van der Waals surface area contributed by atoms with Crippen molar-refractivity contribution in [2.24, 2.45) is 7.05 Å². The van der Waals surface area contributed by atoms with E-state index in [9.17, 15) is 14.9 Å². The molecule has 0 saturated heterocycles. The van der Waals surface area contributed by atoms with Gasteiger partial charge in [0.2, 0.25) is 11.5 Å². The molecule has 1 aliphatic rings. The van der Waals surface area contributed by atoms with E-state index < -0.39 is 6.04 Å². The second-order valence-corrected chi connectivity index (χ2v) is 8.06. The lowest BCUT2D eigenvalue weighted by molar-refractivity contribution is -0.117. The van der Waals surface area contributed by atoms with E-state index in [1.807, 2.05) is 42.6 Å². The van der Waals surface area contributed by atoms with Crippen LogP contribution < -0.4 is 21.5 Å². The molecule has 7 nitrogen and oxygen atoms in total. The molecule has 1 aromatic heterocycles. The molecule has 2 heterocycles. The lowest BCUT2D eigenvalue weighted by Crippen LogP contribution is -2.48. The smallest absolute Gasteiger partial charge is 0.250 e. The molecule has 162 valence electrons. The Balaban J connectivity index is 1.61. The maximum atomic E-state index is 13.0. The van der Waals surface area contributed by atoms with Crippen LogP contribution in [0.1, 0.15) is 35.6 Å². The van der Waals surface area contributed by atoms with E-state index in [-0.39, 0.29) is 23.4 Å². The van der Waals surface area contributed by atoms with E-state index in [4.69, 9.17) is 0 Å². The highest BCUT2D eigenvalue weighted by Gasteiger charge is 2.34. The lowest BCUT2D eigenvalue weighted by atomic mass is 9.94. The maximum Gasteiger partial charge on any atom is 0.250 e. The van der Waals surface area contributed by atoms with Gasteiger partial charge < -0.3 is 20.5 Å². The molecule has 3 N–H and O–H groups in total. The number of pyridine rings is 1. The van der Waals surface area contributed by atoms with Crippen molar-refractivity contribution in [3.8, 4) is 6.07 Å². The van der Waals surface area contributed by atoms with Crippen LogP contribution in [0.4, 0.5) is 11.4 Å². The first-order valence-electron chi connectivity index (χ1n) is 10.5. The van der Waals surface area contributed by atoms with Crippen LogP contribution in [0.2, 0.25) is 0 Å². The number of aryl methyl sites for hydroxylation is 1. The topological polar surface area (TPSA) is 98.9 Å². The van der Waals surface area contributed by atoms with Crippen molar-refractivity contribution in [3.63, 3.8) is 0 Å². The van der Waals surface area contributed by atoms with Gasteiger partial charge in [-0.05, 0) is 29.2 Å². The number of carbonyl (C=O) groups excluding carboxylic acids is 1. The fourth-order valence-electron chi connectivity index (χ4n) is 3.99. The molecule has 3 atom stereocenters. The standard InChI is InChI=1S/C25H25N5O2/c1-16(19-11-12-21(31)30(2)15-19)14-27-23(17-7-4-3-5-8-17)24-25(32)28-20-10-6-9-18(13-26)22(20)29-24/h3-12,15-16,23-24,27,29H,14H2,1-2H3,(H,28,32)/t16-,23-,24+/m1/s1.